The Morgan fingerprint density at radius 1 is 1.19 bits per heavy atom. The molecule has 5 nitrogen and oxygen atoms in total. The molecule has 0 saturated carbocycles. The molecule has 0 bridgehead atoms. The van der Waals surface area contributed by atoms with Crippen molar-refractivity contribution in [1.29, 1.82) is 0 Å². The number of hydrogen-bond donors (Lipinski definition) is 0. The smallest absolute Gasteiger partial charge is 0.306 e. The van der Waals surface area contributed by atoms with Crippen LogP contribution in [-0.4, -0.2) is 19.7 Å². The molecule has 0 fully saturated rings. The van der Waals surface area contributed by atoms with Crippen molar-refractivity contribution in [2.24, 2.45) is 0 Å². The summed E-state index contributed by atoms with van der Waals surface area (Å²) in [6.07, 6.45) is 7.12. The molecule has 0 atom stereocenters. The van der Waals surface area contributed by atoms with E-state index in [2.05, 4.69) is 18.8 Å². The molecule has 1 heterocycles. The molecule has 1 aromatic carbocycles. The van der Waals surface area contributed by atoms with Crippen LogP contribution in [0.2, 0.25) is 0 Å². The van der Waals surface area contributed by atoms with Gasteiger partial charge in [-0.25, -0.2) is 0 Å². The summed E-state index contributed by atoms with van der Waals surface area (Å²) < 4.78 is 15.6. The van der Waals surface area contributed by atoms with E-state index in [0.717, 1.165) is 19.3 Å². The van der Waals surface area contributed by atoms with Crippen LogP contribution in [0.4, 0.5) is 0 Å². The Hall–Kier alpha value is -2.74. The first-order valence-corrected chi connectivity index (χ1v) is 8.89. The fourth-order valence-corrected chi connectivity index (χ4v) is 2.51. The van der Waals surface area contributed by atoms with Gasteiger partial charge in [-0.15, -0.1) is 0 Å². The molecule has 0 amide bonds. The molecule has 2 aromatic rings. The van der Waals surface area contributed by atoms with Crippen LogP contribution in [0.1, 0.15) is 51.0 Å². The van der Waals surface area contributed by atoms with Crippen molar-refractivity contribution in [1.82, 2.24) is 0 Å². The Balaban J connectivity index is 1.89. The first kappa shape index (κ1) is 19.6. The van der Waals surface area contributed by atoms with Gasteiger partial charge in [0.25, 0.3) is 0 Å². The lowest BCUT2D eigenvalue weighted by Crippen LogP contribution is -2.07. The number of fused-ring (bicyclic) bond motifs is 1. The third-order valence-electron chi connectivity index (χ3n) is 3.99. The molecule has 0 radical (unpaired) electrons. The SMILES string of the molecule is CCCCCCCC(=O)OCC#Cc1coc2cc(OC)ccc2c1=O. The second-order valence-electron chi connectivity index (χ2n) is 5.97. The summed E-state index contributed by atoms with van der Waals surface area (Å²) in [6, 6.07) is 4.98. The topological polar surface area (TPSA) is 65.7 Å². The van der Waals surface area contributed by atoms with Gasteiger partial charge in [0.2, 0.25) is 5.43 Å². The van der Waals surface area contributed by atoms with E-state index in [1.54, 1.807) is 25.3 Å². The normalized spacial score (nSPS) is 10.2. The molecule has 0 spiro atoms. The number of hydrogen-bond acceptors (Lipinski definition) is 5. The number of rotatable bonds is 8. The molecule has 5 heteroatoms. The van der Waals surface area contributed by atoms with Crippen LogP contribution in [0.5, 0.6) is 5.75 Å². The van der Waals surface area contributed by atoms with E-state index in [-0.39, 0.29) is 23.6 Å². The summed E-state index contributed by atoms with van der Waals surface area (Å²) in [5.74, 6) is 5.76. The van der Waals surface area contributed by atoms with Gasteiger partial charge in [0.15, 0.2) is 6.61 Å². The van der Waals surface area contributed by atoms with Crippen molar-refractivity contribution >= 4 is 16.9 Å². The number of methoxy groups -OCH3 is 1. The van der Waals surface area contributed by atoms with Crippen LogP contribution in [0, 0.1) is 11.8 Å². The maximum absolute atomic E-state index is 12.4. The Labute approximate surface area is 153 Å². The zero-order valence-electron chi connectivity index (χ0n) is 15.3. The Morgan fingerprint density at radius 2 is 2.00 bits per heavy atom. The average molecular weight is 356 g/mol. The van der Waals surface area contributed by atoms with Crippen LogP contribution in [0.25, 0.3) is 11.0 Å². The second-order valence-corrected chi connectivity index (χ2v) is 5.97. The van der Waals surface area contributed by atoms with Gasteiger partial charge in [-0.1, -0.05) is 44.4 Å². The third kappa shape index (κ3) is 5.66. The van der Waals surface area contributed by atoms with E-state index >= 15 is 0 Å². The van der Waals surface area contributed by atoms with Gasteiger partial charge in [0.1, 0.15) is 23.2 Å². The van der Waals surface area contributed by atoms with Crippen LogP contribution in [0.3, 0.4) is 0 Å². The standard InChI is InChI=1S/C21H24O5/c1-3-4-5-6-7-10-20(22)25-13-8-9-16-15-26-19-14-17(24-2)11-12-18(19)21(16)23/h11-12,14-15H,3-7,10,13H2,1-2H3. The van der Waals surface area contributed by atoms with Gasteiger partial charge in [-0.3, -0.25) is 9.59 Å². The van der Waals surface area contributed by atoms with Gasteiger partial charge >= 0.3 is 5.97 Å². The highest BCUT2D eigenvalue weighted by atomic mass is 16.5. The fourth-order valence-electron chi connectivity index (χ4n) is 2.51. The first-order chi connectivity index (χ1) is 12.7. The highest BCUT2D eigenvalue weighted by molar-refractivity contribution is 5.79. The predicted octanol–water partition coefficient (Wildman–Crippen LogP) is 4.06. The first-order valence-electron chi connectivity index (χ1n) is 8.89. The van der Waals surface area contributed by atoms with E-state index in [4.69, 9.17) is 13.9 Å². The lowest BCUT2D eigenvalue weighted by Gasteiger charge is -2.01. The van der Waals surface area contributed by atoms with E-state index in [1.807, 2.05) is 0 Å². The maximum Gasteiger partial charge on any atom is 0.306 e. The third-order valence-corrected chi connectivity index (χ3v) is 3.99. The van der Waals surface area contributed by atoms with Gasteiger partial charge in [0, 0.05) is 12.5 Å². The summed E-state index contributed by atoms with van der Waals surface area (Å²) in [5.41, 5.74) is 0.455. The number of esters is 1. The van der Waals surface area contributed by atoms with E-state index in [1.165, 1.54) is 19.1 Å². The Bertz CT molecular complexity index is 854. The van der Waals surface area contributed by atoms with Crippen LogP contribution in [0.15, 0.2) is 33.7 Å². The summed E-state index contributed by atoms with van der Waals surface area (Å²) in [6.45, 7) is 2.12. The molecule has 2 rings (SSSR count). The van der Waals surface area contributed by atoms with Crippen molar-refractivity contribution < 1.29 is 18.7 Å². The summed E-state index contributed by atoms with van der Waals surface area (Å²) >= 11 is 0. The molecule has 0 aliphatic rings. The molecule has 0 aliphatic carbocycles. The number of unbranched alkanes of at least 4 members (excludes halogenated alkanes) is 4. The molecule has 26 heavy (non-hydrogen) atoms. The van der Waals surface area contributed by atoms with Crippen LogP contribution >= 0.6 is 0 Å². The zero-order valence-corrected chi connectivity index (χ0v) is 15.3. The lowest BCUT2D eigenvalue weighted by molar-refractivity contribution is -0.142. The number of carbonyl (C=O) groups is 1. The van der Waals surface area contributed by atoms with Gasteiger partial charge in [0.05, 0.1) is 12.5 Å². The van der Waals surface area contributed by atoms with Crippen molar-refractivity contribution in [3.63, 3.8) is 0 Å². The van der Waals surface area contributed by atoms with E-state index in [0.29, 0.717) is 23.1 Å². The van der Waals surface area contributed by atoms with Crippen molar-refractivity contribution in [2.75, 3.05) is 13.7 Å². The van der Waals surface area contributed by atoms with Gasteiger partial charge < -0.3 is 13.9 Å². The van der Waals surface area contributed by atoms with Crippen LogP contribution < -0.4 is 10.2 Å². The monoisotopic (exact) mass is 356 g/mol. The quantitative estimate of drug-likeness (QED) is 0.405. The highest BCUT2D eigenvalue weighted by Gasteiger charge is 2.06. The predicted molar refractivity (Wildman–Crippen MR) is 100 cm³/mol. The zero-order chi connectivity index (χ0) is 18.8. The van der Waals surface area contributed by atoms with Gasteiger partial charge in [-0.2, -0.15) is 0 Å². The number of benzene rings is 1. The molecule has 0 unspecified atom stereocenters. The van der Waals surface area contributed by atoms with Crippen LogP contribution in [-0.2, 0) is 9.53 Å². The number of ether oxygens (including phenoxy) is 2. The van der Waals surface area contributed by atoms with Gasteiger partial charge in [-0.05, 0) is 18.6 Å². The Kier molecular flexibility index (Phi) is 7.75. The molecule has 0 saturated heterocycles. The molecule has 0 aliphatic heterocycles. The number of carbonyl (C=O) groups excluding carboxylic acids is 1. The molecule has 138 valence electrons. The van der Waals surface area contributed by atoms with E-state index < -0.39 is 0 Å². The summed E-state index contributed by atoms with van der Waals surface area (Å²) in [5, 5.41) is 0.432. The van der Waals surface area contributed by atoms with Crippen molar-refractivity contribution in [3.05, 3.63) is 40.2 Å². The summed E-state index contributed by atoms with van der Waals surface area (Å²) in [4.78, 5) is 24.0. The van der Waals surface area contributed by atoms with Crippen molar-refractivity contribution in [3.8, 4) is 17.6 Å². The lowest BCUT2D eigenvalue weighted by atomic mass is 10.1. The fraction of sp³-hybridized carbons (Fsp3) is 0.429. The second kappa shape index (κ2) is 10.3. The molecular formula is C21H24O5. The van der Waals surface area contributed by atoms with E-state index in [9.17, 15) is 9.59 Å². The minimum absolute atomic E-state index is 0.0338. The molecule has 1 aromatic heterocycles. The molecular weight excluding hydrogens is 332 g/mol. The average Bonchev–Trinajstić information content (AvgIpc) is 2.66. The largest absolute Gasteiger partial charge is 0.497 e. The van der Waals surface area contributed by atoms with Crippen molar-refractivity contribution in [2.45, 2.75) is 45.4 Å². The summed E-state index contributed by atoms with van der Waals surface area (Å²) in [7, 11) is 1.55. The Morgan fingerprint density at radius 3 is 2.77 bits per heavy atom. The minimum Gasteiger partial charge on any atom is -0.497 e. The molecule has 0 N–H and O–H groups in total. The highest BCUT2D eigenvalue weighted by Crippen LogP contribution is 2.18. The maximum atomic E-state index is 12.4. The minimum atomic E-state index is -0.256.